The highest BCUT2D eigenvalue weighted by Gasteiger charge is 2.31. The quantitative estimate of drug-likeness (QED) is 0.807. The Morgan fingerprint density at radius 3 is 2.54 bits per heavy atom. The summed E-state index contributed by atoms with van der Waals surface area (Å²) in [5, 5.41) is 5.88. The summed E-state index contributed by atoms with van der Waals surface area (Å²) in [5.41, 5.74) is 3.70. The lowest BCUT2D eigenvalue weighted by Gasteiger charge is -2.35. The lowest BCUT2D eigenvalue weighted by atomic mass is 10.1. The molecule has 6 heteroatoms. The van der Waals surface area contributed by atoms with Gasteiger partial charge >= 0.3 is 0 Å². The molecule has 28 heavy (non-hydrogen) atoms. The van der Waals surface area contributed by atoms with Crippen molar-refractivity contribution in [3.8, 4) is 5.75 Å². The van der Waals surface area contributed by atoms with Gasteiger partial charge in [-0.05, 0) is 43.5 Å². The van der Waals surface area contributed by atoms with E-state index in [-0.39, 0.29) is 18.4 Å². The number of amides is 2. The van der Waals surface area contributed by atoms with Gasteiger partial charge in [0.25, 0.3) is 5.91 Å². The average molecular weight is 381 g/mol. The fraction of sp³-hybridized carbons (Fsp3) is 0.364. The van der Waals surface area contributed by atoms with Gasteiger partial charge in [0, 0.05) is 12.2 Å². The highest BCUT2D eigenvalue weighted by Crippen LogP contribution is 2.33. The molecule has 0 saturated heterocycles. The zero-order valence-electron chi connectivity index (χ0n) is 16.6. The first kappa shape index (κ1) is 19.7. The second kappa shape index (κ2) is 8.78. The molecule has 1 atom stereocenters. The number of carbonyl (C=O) groups is 2. The van der Waals surface area contributed by atoms with Crippen LogP contribution in [-0.2, 0) is 9.59 Å². The molecule has 148 valence electrons. The van der Waals surface area contributed by atoms with Crippen molar-refractivity contribution in [1.82, 2.24) is 5.32 Å². The fourth-order valence-electron chi connectivity index (χ4n) is 3.32. The number of hydrogen-bond donors (Lipinski definition) is 2. The van der Waals surface area contributed by atoms with Gasteiger partial charge in [-0.3, -0.25) is 9.59 Å². The molecule has 2 aromatic rings. The topological polar surface area (TPSA) is 70.7 Å². The predicted octanol–water partition coefficient (Wildman–Crippen LogP) is 3.04. The van der Waals surface area contributed by atoms with Gasteiger partial charge in [-0.15, -0.1) is 0 Å². The van der Waals surface area contributed by atoms with Gasteiger partial charge in [0.05, 0.1) is 18.8 Å². The van der Waals surface area contributed by atoms with Gasteiger partial charge in [-0.2, -0.15) is 0 Å². The molecule has 0 spiro atoms. The number of nitrogens with one attached hydrogen (secondary N) is 2. The summed E-state index contributed by atoms with van der Waals surface area (Å²) in [5.74, 6) is 0.337. The molecule has 2 amide bonds. The van der Waals surface area contributed by atoms with E-state index in [2.05, 4.69) is 10.6 Å². The van der Waals surface area contributed by atoms with Crippen molar-refractivity contribution < 1.29 is 14.3 Å². The van der Waals surface area contributed by atoms with Gasteiger partial charge in [-0.1, -0.05) is 37.3 Å². The Kier molecular flexibility index (Phi) is 6.19. The third kappa shape index (κ3) is 4.44. The molecule has 0 saturated carbocycles. The summed E-state index contributed by atoms with van der Waals surface area (Å²) >= 11 is 0. The number of ether oxygens (including phenoxy) is 1. The van der Waals surface area contributed by atoms with Crippen LogP contribution in [0.2, 0.25) is 0 Å². The van der Waals surface area contributed by atoms with E-state index in [1.54, 1.807) is 0 Å². The van der Waals surface area contributed by atoms with Gasteiger partial charge in [-0.25, -0.2) is 0 Å². The summed E-state index contributed by atoms with van der Waals surface area (Å²) in [6.07, 6.45) is 0.214. The van der Waals surface area contributed by atoms with Gasteiger partial charge < -0.3 is 20.3 Å². The smallest absolute Gasteiger partial charge is 0.262 e. The molecular weight excluding hydrogens is 354 g/mol. The lowest BCUT2D eigenvalue weighted by molar-refractivity contribution is -0.128. The van der Waals surface area contributed by atoms with Crippen LogP contribution in [0.25, 0.3) is 0 Å². The number of nitrogens with zero attached hydrogens (tertiary/aromatic N) is 1. The Labute approximate surface area is 165 Å². The van der Waals surface area contributed by atoms with Crippen LogP contribution in [0, 0.1) is 13.8 Å². The first-order chi connectivity index (χ1) is 13.5. The first-order valence-electron chi connectivity index (χ1n) is 9.64. The van der Waals surface area contributed by atoms with E-state index < -0.39 is 6.10 Å². The molecule has 0 radical (unpaired) electrons. The molecule has 3 rings (SSSR count). The van der Waals surface area contributed by atoms with Gasteiger partial charge in [0.15, 0.2) is 6.10 Å². The van der Waals surface area contributed by atoms with Crippen molar-refractivity contribution >= 4 is 23.2 Å². The second-order valence-corrected chi connectivity index (χ2v) is 7.06. The number of hydrogen-bond acceptors (Lipinski definition) is 4. The largest absolute Gasteiger partial charge is 0.477 e. The SMILES string of the molecule is CCCNC(=O)[C@H]1CN(CC(=O)Nc2c(C)cccc2C)c2ccccc2O1. The number of rotatable bonds is 6. The Bertz CT molecular complexity index is 846. The van der Waals surface area contributed by atoms with E-state index >= 15 is 0 Å². The molecule has 0 bridgehead atoms. The molecule has 2 N–H and O–H groups in total. The van der Waals surface area contributed by atoms with Crippen LogP contribution in [0.3, 0.4) is 0 Å². The van der Waals surface area contributed by atoms with Crippen LogP contribution in [0.4, 0.5) is 11.4 Å². The molecule has 0 fully saturated rings. The van der Waals surface area contributed by atoms with Crippen LogP contribution < -0.4 is 20.3 Å². The van der Waals surface area contributed by atoms with Crippen molar-refractivity contribution in [1.29, 1.82) is 0 Å². The summed E-state index contributed by atoms with van der Waals surface area (Å²) in [7, 11) is 0. The summed E-state index contributed by atoms with van der Waals surface area (Å²) in [4.78, 5) is 27.1. The normalized spacial score (nSPS) is 15.4. The molecule has 1 aliphatic heterocycles. The maximum absolute atomic E-state index is 12.7. The summed E-state index contributed by atoms with van der Waals surface area (Å²) in [6.45, 7) is 7.02. The molecule has 0 aliphatic carbocycles. The molecular formula is C22H27N3O3. The Morgan fingerprint density at radius 1 is 1.11 bits per heavy atom. The Balaban J connectivity index is 1.75. The van der Waals surface area contributed by atoms with Gasteiger partial charge in [0.1, 0.15) is 5.75 Å². The monoisotopic (exact) mass is 381 g/mol. The molecule has 1 heterocycles. The minimum absolute atomic E-state index is 0.123. The van der Waals surface area contributed by atoms with E-state index in [4.69, 9.17) is 4.74 Å². The van der Waals surface area contributed by atoms with E-state index in [9.17, 15) is 9.59 Å². The summed E-state index contributed by atoms with van der Waals surface area (Å²) in [6, 6.07) is 13.4. The Hall–Kier alpha value is -3.02. The number of fused-ring (bicyclic) bond motifs is 1. The third-order valence-corrected chi connectivity index (χ3v) is 4.78. The minimum atomic E-state index is -0.644. The lowest BCUT2D eigenvalue weighted by Crippen LogP contribution is -2.50. The predicted molar refractivity (Wildman–Crippen MR) is 111 cm³/mol. The number of anilines is 2. The number of carbonyl (C=O) groups excluding carboxylic acids is 2. The molecule has 2 aromatic carbocycles. The van der Waals surface area contributed by atoms with E-state index in [0.717, 1.165) is 28.9 Å². The highest BCUT2D eigenvalue weighted by atomic mass is 16.5. The average Bonchev–Trinajstić information content (AvgIpc) is 2.69. The Morgan fingerprint density at radius 2 is 1.82 bits per heavy atom. The van der Waals surface area contributed by atoms with Crippen molar-refractivity contribution in [2.75, 3.05) is 29.9 Å². The van der Waals surface area contributed by atoms with E-state index in [0.29, 0.717) is 18.8 Å². The first-order valence-corrected chi connectivity index (χ1v) is 9.64. The third-order valence-electron chi connectivity index (χ3n) is 4.78. The van der Waals surface area contributed by atoms with E-state index in [1.807, 2.05) is 68.1 Å². The van der Waals surface area contributed by atoms with Crippen LogP contribution >= 0.6 is 0 Å². The van der Waals surface area contributed by atoms with Crippen molar-refractivity contribution in [3.63, 3.8) is 0 Å². The van der Waals surface area contributed by atoms with E-state index in [1.165, 1.54) is 0 Å². The number of aryl methyl sites for hydroxylation is 2. The number of para-hydroxylation sites is 3. The molecule has 0 aromatic heterocycles. The molecule has 6 nitrogen and oxygen atoms in total. The fourth-order valence-corrected chi connectivity index (χ4v) is 3.32. The van der Waals surface area contributed by atoms with Crippen LogP contribution in [0.1, 0.15) is 24.5 Å². The summed E-state index contributed by atoms with van der Waals surface area (Å²) < 4.78 is 5.87. The van der Waals surface area contributed by atoms with Crippen LogP contribution in [-0.4, -0.2) is 37.6 Å². The highest BCUT2D eigenvalue weighted by molar-refractivity contribution is 5.96. The van der Waals surface area contributed by atoms with Crippen molar-refractivity contribution in [2.45, 2.75) is 33.3 Å². The van der Waals surface area contributed by atoms with Crippen molar-refractivity contribution in [2.24, 2.45) is 0 Å². The molecule has 0 unspecified atom stereocenters. The van der Waals surface area contributed by atoms with Crippen LogP contribution in [0.15, 0.2) is 42.5 Å². The van der Waals surface area contributed by atoms with Crippen molar-refractivity contribution in [3.05, 3.63) is 53.6 Å². The molecule has 1 aliphatic rings. The second-order valence-electron chi connectivity index (χ2n) is 7.06. The van der Waals surface area contributed by atoms with Gasteiger partial charge in [0.2, 0.25) is 5.91 Å². The zero-order chi connectivity index (χ0) is 20.1. The zero-order valence-corrected chi connectivity index (χ0v) is 16.6. The maximum atomic E-state index is 12.7. The maximum Gasteiger partial charge on any atom is 0.262 e. The number of benzene rings is 2. The minimum Gasteiger partial charge on any atom is -0.477 e. The van der Waals surface area contributed by atoms with Crippen LogP contribution in [0.5, 0.6) is 5.75 Å². The standard InChI is InChI=1S/C22H27N3O3/c1-4-12-23-22(27)19-13-25(17-10-5-6-11-18(17)28-19)14-20(26)24-21-15(2)8-7-9-16(21)3/h5-11,19H,4,12-14H2,1-3H3,(H,23,27)(H,24,26)/t19-/m1/s1.